The van der Waals surface area contributed by atoms with Gasteiger partial charge in [0.2, 0.25) is 0 Å². The number of benzene rings is 1. The van der Waals surface area contributed by atoms with Gasteiger partial charge >= 0.3 is 0 Å². The molecule has 3 nitrogen and oxygen atoms in total. The van der Waals surface area contributed by atoms with Crippen molar-refractivity contribution in [3.63, 3.8) is 0 Å². The lowest BCUT2D eigenvalue weighted by atomic mass is 9.95. The zero-order valence-corrected chi connectivity index (χ0v) is 7.89. The number of phenolic OH excluding ortho intramolecular Hbond substituents is 1. The summed E-state index contributed by atoms with van der Waals surface area (Å²) in [6.45, 7) is 1.33. The summed E-state index contributed by atoms with van der Waals surface area (Å²) in [4.78, 5) is 0. The Bertz CT molecular complexity index is 305. The summed E-state index contributed by atoms with van der Waals surface area (Å²) in [5.74, 6) is 0.359. The van der Waals surface area contributed by atoms with Crippen LogP contribution < -0.4 is 0 Å². The first kappa shape index (κ1) is 9.49. The SMILES string of the molecule is Oc1cccc(C(O)C2CCOC2)c1. The monoisotopic (exact) mass is 194 g/mol. The molecule has 2 unspecified atom stereocenters. The maximum Gasteiger partial charge on any atom is 0.115 e. The van der Waals surface area contributed by atoms with E-state index in [4.69, 9.17) is 4.74 Å². The van der Waals surface area contributed by atoms with Gasteiger partial charge in [-0.05, 0) is 24.1 Å². The predicted molar refractivity (Wildman–Crippen MR) is 52.0 cm³/mol. The van der Waals surface area contributed by atoms with Gasteiger partial charge in [-0.25, -0.2) is 0 Å². The highest BCUT2D eigenvalue weighted by Gasteiger charge is 2.25. The van der Waals surface area contributed by atoms with Crippen LogP contribution >= 0.6 is 0 Å². The lowest BCUT2D eigenvalue weighted by molar-refractivity contribution is 0.0916. The topological polar surface area (TPSA) is 49.7 Å². The summed E-state index contributed by atoms with van der Waals surface area (Å²) in [6.07, 6.45) is 0.362. The second kappa shape index (κ2) is 3.98. The minimum Gasteiger partial charge on any atom is -0.508 e. The van der Waals surface area contributed by atoms with E-state index in [9.17, 15) is 10.2 Å². The molecule has 0 bridgehead atoms. The molecule has 14 heavy (non-hydrogen) atoms. The lowest BCUT2D eigenvalue weighted by Gasteiger charge is -2.16. The quantitative estimate of drug-likeness (QED) is 0.749. The lowest BCUT2D eigenvalue weighted by Crippen LogP contribution is -2.12. The number of hydrogen-bond acceptors (Lipinski definition) is 3. The predicted octanol–water partition coefficient (Wildman–Crippen LogP) is 1.46. The first-order valence-electron chi connectivity index (χ1n) is 4.82. The van der Waals surface area contributed by atoms with E-state index in [0.29, 0.717) is 6.61 Å². The maximum atomic E-state index is 9.95. The molecule has 0 amide bonds. The van der Waals surface area contributed by atoms with E-state index in [2.05, 4.69) is 0 Å². The number of ether oxygens (including phenoxy) is 1. The Balaban J connectivity index is 2.13. The minimum absolute atomic E-state index is 0.164. The molecular formula is C11H14O3. The van der Waals surface area contributed by atoms with Crippen LogP contribution in [0.2, 0.25) is 0 Å². The molecule has 0 aliphatic carbocycles. The maximum absolute atomic E-state index is 9.95. The molecule has 1 aromatic rings. The van der Waals surface area contributed by atoms with Gasteiger partial charge in [0.05, 0.1) is 12.7 Å². The van der Waals surface area contributed by atoms with Gasteiger partial charge < -0.3 is 14.9 Å². The Morgan fingerprint density at radius 2 is 2.29 bits per heavy atom. The fraction of sp³-hybridized carbons (Fsp3) is 0.455. The second-order valence-electron chi connectivity index (χ2n) is 3.66. The van der Waals surface area contributed by atoms with Gasteiger partial charge in [-0.1, -0.05) is 12.1 Å². The van der Waals surface area contributed by atoms with Gasteiger partial charge in [0.15, 0.2) is 0 Å². The number of phenols is 1. The highest BCUT2D eigenvalue weighted by molar-refractivity contribution is 5.28. The van der Waals surface area contributed by atoms with Gasteiger partial charge in [-0.2, -0.15) is 0 Å². The van der Waals surface area contributed by atoms with Crippen molar-refractivity contribution >= 4 is 0 Å². The fourth-order valence-corrected chi connectivity index (χ4v) is 1.78. The third kappa shape index (κ3) is 1.89. The Labute approximate surface area is 83.0 Å². The van der Waals surface area contributed by atoms with Crippen LogP contribution in [-0.4, -0.2) is 23.4 Å². The number of hydrogen-bond donors (Lipinski definition) is 2. The summed E-state index contributed by atoms with van der Waals surface area (Å²) in [5, 5.41) is 19.2. The third-order valence-electron chi connectivity index (χ3n) is 2.62. The molecular weight excluding hydrogens is 180 g/mol. The Morgan fingerprint density at radius 1 is 1.43 bits per heavy atom. The molecule has 0 radical (unpaired) electrons. The Kier molecular flexibility index (Phi) is 2.70. The van der Waals surface area contributed by atoms with Gasteiger partial charge in [0, 0.05) is 12.5 Å². The number of aliphatic hydroxyl groups excluding tert-OH is 1. The van der Waals surface area contributed by atoms with Crippen molar-refractivity contribution in [3.05, 3.63) is 29.8 Å². The van der Waals surface area contributed by atoms with Crippen LogP contribution in [-0.2, 0) is 4.74 Å². The molecule has 1 aliphatic heterocycles. The molecule has 3 heteroatoms. The van der Waals surface area contributed by atoms with Crippen LogP contribution in [0, 0.1) is 5.92 Å². The van der Waals surface area contributed by atoms with Gasteiger partial charge in [-0.3, -0.25) is 0 Å². The molecule has 1 heterocycles. The van der Waals surface area contributed by atoms with E-state index in [1.54, 1.807) is 18.2 Å². The van der Waals surface area contributed by atoms with E-state index < -0.39 is 6.10 Å². The summed E-state index contributed by atoms with van der Waals surface area (Å²) in [5.41, 5.74) is 0.764. The average molecular weight is 194 g/mol. The largest absolute Gasteiger partial charge is 0.508 e. The van der Waals surface area contributed by atoms with Gasteiger partial charge in [0.1, 0.15) is 5.75 Å². The Hall–Kier alpha value is -1.06. The highest BCUT2D eigenvalue weighted by Crippen LogP contribution is 2.29. The van der Waals surface area contributed by atoms with E-state index >= 15 is 0 Å². The summed E-state index contributed by atoms with van der Waals surface area (Å²) < 4.78 is 5.21. The molecule has 2 atom stereocenters. The molecule has 1 aliphatic rings. The van der Waals surface area contributed by atoms with Crippen molar-refractivity contribution < 1.29 is 14.9 Å². The smallest absolute Gasteiger partial charge is 0.115 e. The normalized spacial score (nSPS) is 23.6. The van der Waals surface area contributed by atoms with E-state index in [1.165, 1.54) is 0 Å². The molecule has 1 aromatic carbocycles. The first-order chi connectivity index (χ1) is 6.77. The van der Waals surface area contributed by atoms with Gasteiger partial charge in [-0.15, -0.1) is 0 Å². The first-order valence-corrected chi connectivity index (χ1v) is 4.82. The molecule has 2 rings (SSSR count). The van der Waals surface area contributed by atoms with Crippen LogP contribution in [0.25, 0.3) is 0 Å². The standard InChI is InChI=1S/C11H14O3/c12-10-3-1-2-8(6-10)11(13)9-4-5-14-7-9/h1-3,6,9,11-13H,4-5,7H2. The van der Waals surface area contributed by atoms with E-state index in [-0.39, 0.29) is 11.7 Å². The molecule has 76 valence electrons. The zero-order valence-electron chi connectivity index (χ0n) is 7.89. The minimum atomic E-state index is -0.524. The van der Waals surface area contributed by atoms with E-state index in [1.807, 2.05) is 6.07 Å². The summed E-state index contributed by atoms with van der Waals surface area (Å²) in [6, 6.07) is 6.76. The van der Waals surface area contributed by atoms with Crippen LogP contribution in [0.15, 0.2) is 24.3 Å². The molecule has 2 N–H and O–H groups in total. The summed E-state index contributed by atoms with van der Waals surface area (Å²) >= 11 is 0. The van der Waals surface area contributed by atoms with Crippen molar-refractivity contribution in [3.8, 4) is 5.75 Å². The fourth-order valence-electron chi connectivity index (χ4n) is 1.78. The average Bonchev–Trinajstić information content (AvgIpc) is 2.69. The number of aromatic hydroxyl groups is 1. The second-order valence-corrected chi connectivity index (χ2v) is 3.66. The van der Waals surface area contributed by atoms with Crippen molar-refractivity contribution in [1.29, 1.82) is 0 Å². The van der Waals surface area contributed by atoms with Crippen molar-refractivity contribution in [2.75, 3.05) is 13.2 Å². The van der Waals surface area contributed by atoms with Crippen LogP contribution in [0.1, 0.15) is 18.1 Å². The van der Waals surface area contributed by atoms with E-state index in [0.717, 1.165) is 18.6 Å². The highest BCUT2D eigenvalue weighted by atomic mass is 16.5. The van der Waals surface area contributed by atoms with Crippen molar-refractivity contribution in [2.45, 2.75) is 12.5 Å². The molecule has 1 fully saturated rings. The van der Waals surface area contributed by atoms with Crippen LogP contribution in [0.3, 0.4) is 0 Å². The number of rotatable bonds is 2. The van der Waals surface area contributed by atoms with Gasteiger partial charge in [0.25, 0.3) is 0 Å². The van der Waals surface area contributed by atoms with Crippen LogP contribution in [0.4, 0.5) is 0 Å². The van der Waals surface area contributed by atoms with Crippen molar-refractivity contribution in [2.24, 2.45) is 5.92 Å². The third-order valence-corrected chi connectivity index (χ3v) is 2.62. The molecule has 0 saturated carbocycles. The molecule has 1 saturated heterocycles. The van der Waals surface area contributed by atoms with Crippen molar-refractivity contribution in [1.82, 2.24) is 0 Å². The zero-order chi connectivity index (χ0) is 9.97. The molecule has 0 spiro atoms. The number of aliphatic hydroxyl groups is 1. The Morgan fingerprint density at radius 3 is 2.93 bits per heavy atom. The molecule has 0 aromatic heterocycles. The van der Waals surface area contributed by atoms with Crippen LogP contribution in [0.5, 0.6) is 5.75 Å². The summed E-state index contributed by atoms with van der Waals surface area (Å²) in [7, 11) is 0.